The average molecular weight is 455 g/mol. The third kappa shape index (κ3) is 4.96. The van der Waals surface area contributed by atoms with Crippen LogP contribution in [0.15, 0.2) is 36.7 Å². The van der Waals surface area contributed by atoms with Gasteiger partial charge in [-0.05, 0) is 30.7 Å². The smallest absolute Gasteiger partial charge is 0.154 e. The summed E-state index contributed by atoms with van der Waals surface area (Å²) in [5.41, 5.74) is 6.05. The van der Waals surface area contributed by atoms with Crippen molar-refractivity contribution in [2.45, 2.75) is 13.0 Å². The van der Waals surface area contributed by atoms with Crippen LogP contribution in [0.5, 0.6) is 0 Å². The molecule has 0 aliphatic carbocycles. The van der Waals surface area contributed by atoms with Gasteiger partial charge in [-0.15, -0.1) is 0 Å². The van der Waals surface area contributed by atoms with Gasteiger partial charge in [0.25, 0.3) is 0 Å². The first kappa shape index (κ1) is 22.7. The molecule has 32 heavy (non-hydrogen) atoms. The fraction of sp³-hybridized carbons (Fsp3) is 0.435. The third-order valence-corrected chi connectivity index (χ3v) is 5.80. The van der Waals surface area contributed by atoms with Crippen molar-refractivity contribution in [1.82, 2.24) is 20.3 Å². The lowest BCUT2D eigenvalue weighted by atomic mass is 10.0. The van der Waals surface area contributed by atoms with Crippen LogP contribution in [0.2, 0.25) is 0 Å². The van der Waals surface area contributed by atoms with E-state index in [1.54, 1.807) is 12.4 Å². The molecule has 1 aromatic carbocycles. The lowest BCUT2D eigenvalue weighted by Gasteiger charge is -2.30. The number of rotatable bonds is 5. The maximum Gasteiger partial charge on any atom is 0.154 e. The SMILES string of the molecule is Cc1cc(-c2cc3nccnc3c(NC[C@@H]3CNCCO3)n2)ccc1N1CCOCC1.S. The van der Waals surface area contributed by atoms with Gasteiger partial charge in [-0.3, -0.25) is 4.98 Å². The van der Waals surface area contributed by atoms with Crippen molar-refractivity contribution in [3.63, 3.8) is 0 Å². The van der Waals surface area contributed by atoms with Gasteiger partial charge in [-0.1, -0.05) is 6.07 Å². The molecule has 0 unspecified atom stereocenters. The number of pyridine rings is 1. The second-order valence-electron chi connectivity index (χ2n) is 7.96. The zero-order chi connectivity index (χ0) is 21.0. The van der Waals surface area contributed by atoms with Crippen LogP contribution in [0.4, 0.5) is 11.5 Å². The first-order valence-corrected chi connectivity index (χ1v) is 10.9. The molecule has 2 saturated heterocycles. The van der Waals surface area contributed by atoms with Gasteiger partial charge < -0.3 is 25.0 Å². The number of hydrogen-bond acceptors (Lipinski definition) is 8. The number of nitrogens with one attached hydrogen (secondary N) is 2. The molecule has 0 amide bonds. The lowest BCUT2D eigenvalue weighted by molar-refractivity contribution is 0.0372. The van der Waals surface area contributed by atoms with Crippen LogP contribution in [-0.2, 0) is 9.47 Å². The van der Waals surface area contributed by atoms with Gasteiger partial charge in [0, 0.05) is 56.4 Å². The molecule has 0 bridgehead atoms. The van der Waals surface area contributed by atoms with Gasteiger partial charge in [0.1, 0.15) is 5.52 Å². The summed E-state index contributed by atoms with van der Waals surface area (Å²) in [5.74, 6) is 0.740. The van der Waals surface area contributed by atoms with Crippen LogP contribution in [0.25, 0.3) is 22.3 Å². The maximum atomic E-state index is 5.81. The monoisotopic (exact) mass is 454 g/mol. The van der Waals surface area contributed by atoms with Crippen molar-refractivity contribution in [1.29, 1.82) is 0 Å². The highest BCUT2D eigenvalue weighted by Gasteiger charge is 2.17. The molecular formula is C23H30N6O2S. The molecule has 0 radical (unpaired) electrons. The highest BCUT2D eigenvalue weighted by atomic mass is 32.1. The van der Waals surface area contributed by atoms with Crippen molar-refractivity contribution in [2.75, 3.05) is 62.8 Å². The summed E-state index contributed by atoms with van der Waals surface area (Å²) in [4.78, 5) is 16.3. The Hall–Kier alpha value is -2.46. The number of nitrogens with zero attached hydrogens (tertiary/aromatic N) is 4. The quantitative estimate of drug-likeness (QED) is 0.608. The normalized spacial score (nSPS) is 18.9. The first-order valence-electron chi connectivity index (χ1n) is 10.9. The molecule has 170 valence electrons. The highest BCUT2D eigenvalue weighted by molar-refractivity contribution is 7.59. The number of morpholine rings is 2. The highest BCUT2D eigenvalue weighted by Crippen LogP contribution is 2.30. The Morgan fingerprint density at radius 1 is 1.12 bits per heavy atom. The topological polar surface area (TPSA) is 84.4 Å². The fourth-order valence-electron chi connectivity index (χ4n) is 4.18. The van der Waals surface area contributed by atoms with Crippen LogP contribution in [-0.4, -0.2) is 73.6 Å². The van der Waals surface area contributed by atoms with Crippen LogP contribution >= 0.6 is 13.5 Å². The Labute approximate surface area is 195 Å². The predicted molar refractivity (Wildman–Crippen MR) is 132 cm³/mol. The number of anilines is 2. The average Bonchev–Trinajstić information content (AvgIpc) is 2.83. The van der Waals surface area contributed by atoms with E-state index in [1.165, 1.54) is 11.3 Å². The van der Waals surface area contributed by atoms with Gasteiger partial charge in [0.2, 0.25) is 0 Å². The first-order chi connectivity index (χ1) is 15.3. The molecule has 4 heterocycles. The third-order valence-electron chi connectivity index (χ3n) is 5.80. The molecular weight excluding hydrogens is 424 g/mol. The Kier molecular flexibility index (Phi) is 7.41. The fourth-order valence-corrected chi connectivity index (χ4v) is 4.18. The summed E-state index contributed by atoms with van der Waals surface area (Å²) in [5, 5.41) is 6.80. The standard InChI is InChI=1S/C23H28N6O2.H2S/c1-16-12-17(2-3-21(16)29-7-10-30-11-8-29)19-13-20-22(26-5-4-25-20)23(28-19)27-15-18-14-24-6-9-31-18;/h2-5,12-13,18,24H,6-11,14-15H2,1H3,(H,27,28);1H2/t18-;/m0./s1. The van der Waals surface area contributed by atoms with Crippen LogP contribution < -0.4 is 15.5 Å². The largest absolute Gasteiger partial charge is 0.378 e. The van der Waals surface area contributed by atoms with Gasteiger partial charge in [0.05, 0.1) is 37.1 Å². The van der Waals surface area contributed by atoms with Crippen molar-refractivity contribution in [2.24, 2.45) is 0 Å². The lowest BCUT2D eigenvalue weighted by Crippen LogP contribution is -2.42. The van der Waals surface area contributed by atoms with Gasteiger partial charge in [-0.2, -0.15) is 13.5 Å². The number of aromatic nitrogens is 3. The molecule has 2 aliphatic rings. The summed E-state index contributed by atoms with van der Waals surface area (Å²) in [6, 6.07) is 8.54. The van der Waals surface area contributed by atoms with E-state index in [2.05, 4.69) is 50.6 Å². The molecule has 1 atom stereocenters. The Bertz CT molecular complexity index is 1050. The van der Waals surface area contributed by atoms with E-state index in [1.807, 2.05) is 6.07 Å². The van der Waals surface area contributed by atoms with Gasteiger partial charge in [-0.25, -0.2) is 9.97 Å². The minimum atomic E-state index is 0. The van der Waals surface area contributed by atoms with E-state index < -0.39 is 0 Å². The molecule has 2 aromatic heterocycles. The maximum absolute atomic E-state index is 5.81. The number of hydrogen-bond donors (Lipinski definition) is 2. The van der Waals surface area contributed by atoms with E-state index in [0.717, 1.165) is 74.1 Å². The van der Waals surface area contributed by atoms with E-state index in [0.29, 0.717) is 6.54 Å². The minimum absolute atomic E-state index is 0. The molecule has 2 N–H and O–H groups in total. The zero-order valence-electron chi connectivity index (χ0n) is 18.3. The second kappa shape index (κ2) is 10.4. The van der Waals surface area contributed by atoms with Crippen molar-refractivity contribution < 1.29 is 9.47 Å². The van der Waals surface area contributed by atoms with Crippen LogP contribution in [0, 0.1) is 6.92 Å². The van der Waals surface area contributed by atoms with Crippen molar-refractivity contribution >= 4 is 36.0 Å². The molecule has 2 fully saturated rings. The van der Waals surface area contributed by atoms with E-state index in [-0.39, 0.29) is 19.6 Å². The van der Waals surface area contributed by atoms with E-state index in [4.69, 9.17) is 14.5 Å². The second-order valence-corrected chi connectivity index (χ2v) is 7.96. The summed E-state index contributed by atoms with van der Waals surface area (Å²) in [6.07, 6.45) is 3.53. The Morgan fingerprint density at radius 2 is 1.97 bits per heavy atom. The Balaban J connectivity index is 0.00000245. The Morgan fingerprint density at radius 3 is 2.75 bits per heavy atom. The van der Waals surface area contributed by atoms with Crippen molar-refractivity contribution in [3.8, 4) is 11.3 Å². The molecule has 0 saturated carbocycles. The van der Waals surface area contributed by atoms with Crippen molar-refractivity contribution in [3.05, 3.63) is 42.2 Å². The van der Waals surface area contributed by atoms with E-state index in [9.17, 15) is 0 Å². The number of benzene rings is 1. The molecule has 2 aliphatic heterocycles. The zero-order valence-corrected chi connectivity index (χ0v) is 19.3. The molecule has 9 heteroatoms. The summed E-state index contributed by atoms with van der Waals surface area (Å²) in [7, 11) is 0. The summed E-state index contributed by atoms with van der Waals surface area (Å²) >= 11 is 0. The molecule has 8 nitrogen and oxygen atoms in total. The van der Waals surface area contributed by atoms with E-state index >= 15 is 0 Å². The van der Waals surface area contributed by atoms with Gasteiger partial charge in [0.15, 0.2) is 5.82 Å². The predicted octanol–water partition coefficient (Wildman–Crippen LogP) is 2.35. The molecule has 3 aromatic rings. The summed E-state index contributed by atoms with van der Waals surface area (Å²) in [6.45, 7) is 8.70. The number of aryl methyl sites for hydroxylation is 1. The molecule has 0 spiro atoms. The van der Waals surface area contributed by atoms with Crippen LogP contribution in [0.1, 0.15) is 5.56 Å². The number of fused-ring (bicyclic) bond motifs is 1. The molecule has 5 rings (SSSR count). The number of ether oxygens (including phenoxy) is 2. The summed E-state index contributed by atoms with van der Waals surface area (Å²) < 4.78 is 11.3. The van der Waals surface area contributed by atoms with Crippen LogP contribution in [0.3, 0.4) is 0 Å². The van der Waals surface area contributed by atoms with Gasteiger partial charge >= 0.3 is 0 Å². The minimum Gasteiger partial charge on any atom is -0.378 e.